The summed E-state index contributed by atoms with van der Waals surface area (Å²) in [5, 5.41) is 7.18. The highest BCUT2D eigenvalue weighted by molar-refractivity contribution is 7.80. The van der Waals surface area contributed by atoms with E-state index >= 15 is 0 Å². The van der Waals surface area contributed by atoms with Crippen LogP contribution in [-0.4, -0.2) is 54.8 Å². The van der Waals surface area contributed by atoms with Gasteiger partial charge in [-0.3, -0.25) is 0 Å². The Morgan fingerprint density at radius 1 is 0.919 bits per heavy atom. The highest BCUT2D eigenvalue weighted by Gasteiger charge is 2.19. The van der Waals surface area contributed by atoms with Crippen molar-refractivity contribution < 1.29 is 19.1 Å². The minimum Gasteiger partial charge on any atom is -0.462 e. The first-order valence-electron chi connectivity index (χ1n) is 12.3. The molecule has 3 aromatic rings. The fraction of sp³-hybridized carbons (Fsp3) is 0.321. The Kier molecular flexibility index (Phi) is 11.1. The number of ether oxygens (including phenoxy) is 2. The fourth-order valence-corrected chi connectivity index (χ4v) is 4.99. The van der Waals surface area contributed by atoms with Crippen LogP contribution in [0.1, 0.15) is 51.9 Å². The van der Waals surface area contributed by atoms with Crippen LogP contribution in [0.2, 0.25) is 0 Å². The van der Waals surface area contributed by atoms with Crippen molar-refractivity contribution in [1.82, 2.24) is 4.90 Å². The van der Waals surface area contributed by atoms with Crippen molar-refractivity contribution in [1.29, 1.82) is 0 Å². The van der Waals surface area contributed by atoms with Crippen LogP contribution in [0.15, 0.2) is 60.7 Å². The average molecular weight is 540 g/mol. The Balaban J connectivity index is 1.61. The summed E-state index contributed by atoms with van der Waals surface area (Å²) in [7, 11) is 0. The molecular weight excluding hydrogens is 506 g/mol. The lowest BCUT2D eigenvalue weighted by molar-refractivity contribution is 0.0465. The van der Waals surface area contributed by atoms with Gasteiger partial charge in [0.2, 0.25) is 0 Å². The Morgan fingerprint density at radius 3 is 2.27 bits per heavy atom. The van der Waals surface area contributed by atoms with Gasteiger partial charge in [-0.1, -0.05) is 44.2 Å². The van der Waals surface area contributed by atoms with E-state index in [1.54, 1.807) is 31.2 Å². The molecule has 0 saturated carbocycles. The smallest absolute Gasteiger partial charge is 0.341 e. The SMILES string of the molecule is CCOC(=O)c1cc(Cc2ccccc2)sc1NC(=S)Nc1ccc(C(=O)OCCN(CC)CC)cc1. The third-order valence-electron chi connectivity index (χ3n) is 5.64. The molecule has 1 heterocycles. The largest absolute Gasteiger partial charge is 0.462 e. The lowest BCUT2D eigenvalue weighted by Crippen LogP contribution is -2.27. The fourth-order valence-electron chi connectivity index (χ4n) is 3.63. The zero-order valence-electron chi connectivity index (χ0n) is 21.4. The molecule has 0 aliphatic heterocycles. The number of rotatable bonds is 12. The minimum atomic E-state index is -0.396. The topological polar surface area (TPSA) is 79.9 Å². The van der Waals surface area contributed by atoms with Crippen molar-refractivity contribution >= 4 is 51.3 Å². The van der Waals surface area contributed by atoms with Gasteiger partial charge in [0.05, 0.1) is 17.7 Å². The van der Waals surface area contributed by atoms with Gasteiger partial charge >= 0.3 is 11.9 Å². The van der Waals surface area contributed by atoms with Gasteiger partial charge in [-0.15, -0.1) is 11.3 Å². The Hall–Kier alpha value is -3.27. The molecule has 3 rings (SSSR count). The molecule has 0 fully saturated rings. The zero-order chi connectivity index (χ0) is 26.6. The number of carbonyl (C=O) groups is 2. The molecule has 0 aliphatic rings. The van der Waals surface area contributed by atoms with Gasteiger partial charge in [0.15, 0.2) is 5.11 Å². The number of nitrogens with zero attached hydrogens (tertiary/aromatic N) is 1. The monoisotopic (exact) mass is 539 g/mol. The quantitative estimate of drug-likeness (QED) is 0.220. The summed E-state index contributed by atoms with van der Waals surface area (Å²) in [6.45, 7) is 9.12. The van der Waals surface area contributed by atoms with Crippen molar-refractivity contribution in [3.8, 4) is 0 Å². The van der Waals surface area contributed by atoms with Gasteiger partial charge in [-0.05, 0) is 68.1 Å². The number of thiophene rings is 1. The molecule has 0 aliphatic carbocycles. The molecule has 2 aromatic carbocycles. The second-order valence-corrected chi connectivity index (χ2v) is 9.70. The molecular formula is C28H33N3O4S2. The number of likely N-dealkylation sites (N-methyl/N-ethyl adjacent to an activating group) is 1. The molecule has 0 radical (unpaired) electrons. The first-order chi connectivity index (χ1) is 17.9. The van der Waals surface area contributed by atoms with Crippen molar-refractivity contribution in [3.05, 3.63) is 82.2 Å². The lowest BCUT2D eigenvalue weighted by atomic mass is 10.1. The molecule has 37 heavy (non-hydrogen) atoms. The third kappa shape index (κ3) is 8.66. The maximum atomic E-state index is 12.6. The number of hydrogen-bond acceptors (Lipinski definition) is 7. The number of esters is 2. The number of carbonyl (C=O) groups excluding carboxylic acids is 2. The molecule has 0 bridgehead atoms. The van der Waals surface area contributed by atoms with Crippen molar-refractivity contribution in [2.24, 2.45) is 0 Å². The van der Waals surface area contributed by atoms with Gasteiger partial charge in [-0.2, -0.15) is 0 Å². The second kappa shape index (κ2) is 14.5. The van der Waals surface area contributed by atoms with E-state index < -0.39 is 5.97 Å². The van der Waals surface area contributed by atoms with E-state index in [1.165, 1.54) is 11.3 Å². The Labute approximate surface area is 227 Å². The number of thiocarbonyl (C=S) groups is 1. The van der Waals surface area contributed by atoms with Gasteiger partial charge in [-0.25, -0.2) is 9.59 Å². The van der Waals surface area contributed by atoms with Crippen molar-refractivity contribution in [2.75, 3.05) is 43.5 Å². The van der Waals surface area contributed by atoms with E-state index in [4.69, 9.17) is 21.7 Å². The highest BCUT2D eigenvalue weighted by atomic mass is 32.1. The molecule has 0 atom stereocenters. The normalized spacial score (nSPS) is 10.7. The van der Waals surface area contributed by atoms with Crippen LogP contribution >= 0.6 is 23.6 Å². The van der Waals surface area contributed by atoms with E-state index in [9.17, 15) is 9.59 Å². The van der Waals surface area contributed by atoms with Gasteiger partial charge < -0.3 is 25.0 Å². The molecule has 0 spiro atoms. The van der Waals surface area contributed by atoms with Crippen LogP contribution < -0.4 is 10.6 Å². The number of hydrogen-bond donors (Lipinski definition) is 2. The third-order valence-corrected chi connectivity index (χ3v) is 6.89. The predicted octanol–water partition coefficient (Wildman–Crippen LogP) is 5.82. The van der Waals surface area contributed by atoms with Crippen LogP contribution in [0, 0.1) is 0 Å². The summed E-state index contributed by atoms with van der Waals surface area (Å²) in [6.07, 6.45) is 0.701. The van der Waals surface area contributed by atoms with Crippen LogP contribution in [0.4, 0.5) is 10.7 Å². The summed E-state index contributed by atoms with van der Waals surface area (Å²) >= 11 is 6.96. The molecule has 2 N–H and O–H groups in total. The molecule has 0 saturated heterocycles. The number of anilines is 2. The summed E-state index contributed by atoms with van der Waals surface area (Å²) in [5.41, 5.74) is 2.77. The molecule has 9 heteroatoms. The average Bonchev–Trinajstić information content (AvgIpc) is 3.29. The maximum Gasteiger partial charge on any atom is 0.341 e. The van der Waals surface area contributed by atoms with Crippen LogP contribution in [0.5, 0.6) is 0 Å². The van der Waals surface area contributed by atoms with Crippen molar-refractivity contribution in [3.63, 3.8) is 0 Å². The molecule has 7 nitrogen and oxygen atoms in total. The van der Waals surface area contributed by atoms with Gasteiger partial charge in [0.1, 0.15) is 11.6 Å². The number of nitrogens with one attached hydrogen (secondary N) is 2. The standard InChI is InChI=1S/C28H33N3O4S2/c1-4-31(5-2)16-17-35-26(32)21-12-14-22(15-13-21)29-28(36)30-25-24(27(33)34-6-3)19-23(37-25)18-20-10-8-7-9-11-20/h7-15,19H,4-6,16-18H2,1-3H3,(H2,29,30,36). The number of benzene rings is 2. The second-order valence-electron chi connectivity index (χ2n) is 8.16. The summed E-state index contributed by atoms with van der Waals surface area (Å²) in [4.78, 5) is 28.1. The molecule has 1 aromatic heterocycles. The van der Waals surface area contributed by atoms with Gasteiger partial charge in [0, 0.05) is 23.5 Å². The van der Waals surface area contributed by atoms with Crippen LogP contribution in [-0.2, 0) is 15.9 Å². The van der Waals surface area contributed by atoms with Crippen LogP contribution in [0.3, 0.4) is 0 Å². The van der Waals surface area contributed by atoms with E-state index in [2.05, 4.69) is 29.4 Å². The van der Waals surface area contributed by atoms with E-state index in [0.717, 1.165) is 23.5 Å². The highest BCUT2D eigenvalue weighted by Crippen LogP contribution is 2.31. The molecule has 196 valence electrons. The molecule has 0 unspecified atom stereocenters. The summed E-state index contributed by atoms with van der Waals surface area (Å²) in [5.74, 6) is -0.754. The Morgan fingerprint density at radius 2 is 1.62 bits per heavy atom. The minimum absolute atomic E-state index is 0.287. The lowest BCUT2D eigenvalue weighted by Gasteiger charge is -2.17. The van der Waals surface area contributed by atoms with E-state index in [0.29, 0.717) is 46.5 Å². The maximum absolute atomic E-state index is 12.6. The zero-order valence-corrected chi connectivity index (χ0v) is 23.0. The molecule has 0 amide bonds. The summed E-state index contributed by atoms with van der Waals surface area (Å²) in [6, 6.07) is 18.8. The predicted molar refractivity (Wildman–Crippen MR) is 154 cm³/mol. The van der Waals surface area contributed by atoms with E-state index in [1.807, 2.05) is 36.4 Å². The first-order valence-corrected chi connectivity index (χ1v) is 13.6. The summed E-state index contributed by atoms with van der Waals surface area (Å²) < 4.78 is 10.6. The van der Waals surface area contributed by atoms with Gasteiger partial charge in [0.25, 0.3) is 0 Å². The van der Waals surface area contributed by atoms with E-state index in [-0.39, 0.29) is 12.6 Å². The first kappa shape index (κ1) is 28.3. The van der Waals surface area contributed by atoms with Crippen molar-refractivity contribution in [2.45, 2.75) is 27.2 Å². The Bertz CT molecular complexity index is 1180. The van der Waals surface area contributed by atoms with Crippen LogP contribution in [0.25, 0.3) is 0 Å².